The van der Waals surface area contributed by atoms with Crippen LogP contribution in [0.5, 0.6) is 0 Å². The van der Waals surface area contributed by atoms with Gasteiger partial charge in [-0.05, 0) is 24.3 Å². The fourth-order valence-electron chi connectivity index (χ4n) is 2.33. The average Bonchev–Trinajstić information content (AvgIpc) is 3.35. The fourth-order valence-corrected chi connectivity index (χ4v) is 3.10. The average molecular weight is 339 g/mol. The van der Waals surface area contributed by atoms with E-state index in [1.54, 1.807) is 17.7 Å². The maximum absolute atomic E-state index is 12.2. The summed E-state index contributed by atoms with van der Waals surface area (Å²) in [4.78, 5) is 16.5. The highest BCUT2D eigenvalue weighted by Gasteiger charge is 2.13. The van der Waals surface area contributed by atoms with Gasteiger partial charge >= 0.3 is 0 Å². The van der Waals surface area contributed by atoms with Crippen LogP contribution in [0.4, 0.5) is 0 Å². The van der Waals surface area contributed by atoms with Gasteiger partial charge in [0, 0.05) is 24.5 Å². The second kappa shape index (κ2) is 6.25. The Hall–Kier alpha value is -3.00. The molecule has 0 aliphatic rings. The van der Waals surface area contributed by atoms with Crippen molar-refractivity contribution in [2.75, 3.05) is 6.54 Å². The number of furan rings is 1. The molecule has 0 fully saturated rings. The Morgan fingerprint density at radius 2 is 2.21 bits per heavy atom. The van der Waals surface area contributed by atoms with Crippen LogP contribution in [0, 0.1) is 0 Å². The van der Waals surface area contributed by atoms with E-state index in [9.17, 15) is 4.79 Å². The zero-order valence-electron chi connectivity index (χ0n) is 12.5. The normalized spacial score (nSPS) is 11.0. The summed E-state index contributed by atoms with van der Waals surface area (Å²) < 4.78 is 7.19. The highest BCUT2D eigenvalue weighted by Crippen LogP contribution is 2.23. The quantitative estimate of drug-likeness (QED) is 0.603. The van der Waals surface area contributed by atoms with Crippen molar-refractivity contribution in [2.24, 2.45) is 0 Å². The summed E-state index contributed by atoms with van der Waals surface area (Å²) in [6, 6.07) is 9.33. The van der Waals surface area contributed by atoms with Crippen LogP contribution in [-0.4, -0.2) is 32.0 Å². The molecule has 0 saturated carbocycles. The molecule has 0 unspecified atom stereocenters. The third kappa shape index (κ3) is 2.79. The molecular weight excluding hydrogens is 326 g/mol. The van der Waals surface area contributed by atoms with Gasteiger partial charge in [-0.1, -0.05) is 6.07 Å². The van der Waals surface area contributed by atoms with Crippen molar-refractivity contribution in [1.29, 1.82) is 0 Å². The third-order valence-electron chi connectivity index (χ3n) is 3.49. The predicted octanol–water partition coefficient (Wildman–Crippen LogP) is 2.42. The molecule has 0 aliphatic carbocycles. The molecule has 0 spiro atoms. The number of hydrogen-bond donors (Lipinski definition) is 1. The molecule has 120 valence electrons. The van der Waals surface area contributed by atoms with E-state index in [4.69, 9.17) is 4.42 Å². The number of carbonyl (C=O) groups excluding carboxylic acids is 1. The maximum atomic E-state index is 12.2. The van der Waals surface area contributed by atoms with Crippen molar-refractivity contribution in [3.8, 4) is 10.8 Å². The molecule has 0 bridgehead atoms. The summed E-state index contributed by atoms with van der Waals surface area (Å²) in [6.07, 6.45) is 4.08. The SMILES string of the molecule is O=C(NCCc1nnc2ccccn12)c1csc(-c2ccco2)n1. The lowest BCUT2D eigenvalue weighted by atomic mass is 10.3. The van der Waals surface area contributed by atoms with E-state index < -0.39 is 0 Å². The Balaban J connectivity index is 1.38. The smallest absolute Gasteiger partial charge is 0.270 e. The van der Waals surface area contributed by atoms with Crippen LogP contribution in [0.2, 0.25) is 0 Å². The molecule has 4 aromatic heterocycles. The molecular formula is C16H13N5O2S. The number of pyridine rings is 1. The first-order valence-corrected chi connectivity index (χ1v) is 8.25. The van der Waals surface area contributed by atoms with E-state index in [-0.39, 0.29) is 5.91 Å². The third-order valence-corrected chi connectivity index (χ3v) is 4.34. The minimum absolute atomic E-state index is 0.210. The van der Waals surface area contributed by atoms with Crippen LogP contribution >= 0.6 is 11.3 Å². The Kier molecular flexibility index (Phi) is 3.80. The van der Waals surface area contributed by atoms with E-state index in [0.29, 0.717) is 29.4 Å². The van der Waals surface area contributed by atoms with Crippen LogP contribution in [0.1, 0.15) is 16.3 Å². The monoisotopic (exact) mass is 339 g/mol. The molecule has 24 heavy (non-hydrogen) atoms. The number of aromatic nitrogens is 4. The number of hydrogen-bond acceptors (Lipinski definition) is 6. The van der Waals surface area contributed by atoms with Gasteiger partial charge in [-0.25, -0.2) is 4.98 Å². The van der Waals surface area contributed by atoms with Crippen molar-refractivity contribution < 1.29 is 9.21 Å². The van der Waals surface area contributed by atoms with Gasteiger partial charge in [0.25, 0.3) is 5.91 Å². The van der Waals surface area contributed by atoms with Crippen molar-refractivity contribution in [3.63, 3.8) is 0 Å². The Bertz CT molecular complexity index is 973. The molecule has 4 aromatic rings. The van der Waals surface area contributed by atoms with Gasteiger partial charge in [-0.15, -0.1) is 21.5 Å². The van der Waals surface area contributed by atoms with Gasteiger partial charge in [0.1, 0.15) is 11.5 Å². The van der Waals surface area contributed by atoms with Crippen molar-refractivity contribution in [1.82, 2.24) is 24.9 Å². The zero-order chi connectivity index (χ0) is 16.4. The van der Waals surface area contributed by atoms with E-state index in [1.807, 2.05) is 34.9 Å². The number of rotatable bonds is 5. The Morgan fingerprint density at radius 3 is 3.08 bits per heavy atom. The number of nitrogens with one attached hydrogen (secondary N) is 1. The molecule has 1 N–H and O–H groups in total. The minimum atomic E-state index is -0.210. The number of nitrogens with zero attached hydrogens (tertiary/aromatic N) is 4. The van der Waals surface area contributed by atoms with E-state index in [1.165, 1.54) is 11.3 Å². The van der Waals surface area contributed by atoms with Crippen molar-refractivity contribution >= 4 is 22.9 Å². The number of fused-ring (bicyclic) bond motifs is 1. The largest absolute Gasteiger partial charge is 0.462 e. The van der Waals surface area contributed by atoms with Crippen LogP contribution in [0.25, 0.3) is 16.4 Å². The van der Waals surface area contributed by atoms with Gasteiger partial charge in [0.2, 0.25) is 0 Å². The minimum Gasteiger partial charge on any atom is -0.462 e. The first-order valence-electron chi connectivity index (χ1n) is 7.37. The highest BCUT2D eigenvalue weighted by atomic mass is 32.1. The lowest BCUT2D eigenvalue weighted by molar-refractivity contribution is 0.0949. The molecule has 4 rings (SSSR count). The number of carbonyl (C=O) groups is 1. The molecule has 0 radical (unpaired) electrons. The maximum Gasteiger partial charge on any atom is 0.270 e. The summed E-state index contributed by atoms with van der Waals surface area (Å²) in [6.45, 7) is 0.460. The summed E-state index contributed by atoms with van der Waals surface area (Å²) in [5.41, 5.74) is 1.18. The van der Waals surface area contributed by atoms with Gasteiger partial charge in [0.15, 0.2) is 16.4 Å². The first-order chi connectivity index (χ1) is 11.8. The highest BCUT2D eigenvalue weighted by molar-refractivity contribution is 7.13. The predicted molar refractivity (Wildman–Crippen MR) is 88.8 cm³/mol. The summed E-state index contributed by atoms with van der Waals surface area (Å²) in [5.74, 6) is 1.26. The second-order valence-corrected chi connectivity index (χ2v) is 5.92. The van der Waals surface area contributed by atoms with Gasteiger partial charge < -0.3 is 9.73 Å². The molecule has 1 amide bonds. The van der Waals surface area contributed by atoms with Crippen LogP contribution < -0.4 is 5.32 Å². The number of amides is 1. The molecule has 7 nitrogen and oxygen atoms in total. The summed E-state index contributed by atoms with van der Waals surface area (Å²) >= 11 is 1.38. The molecule has 4 heterocycles. The van der Waals surface area contributed by atoms with E-state index >= 15 is 0 Å². The van der Waals surface area contributed by atoms with Gasteiger partial charge in [0.05, 0.1) is 6.26 Å². The Morgan fingerprint density at radius 1 is 1.25 bits per heavy atom. The molecule has 0 saturated heterocycles. The topological polar surface area (TPSA) is 85.3 Å². The molecule has 0 aromatic carbocycles. The lowest BCUT2D eigenvalue weighted by Crippen LogP contribution is -2.26. The van der Waals surface area contributed by atoms with Crippen LogP contribution in [-0.2, 0) is 6.42 Å². The standard InChI is InChI=1S/C16H13N5O2S/c22-15(11-10-24-16(18-11)12-4-3-9-23-12)17-7-6-14-20-19-13-5-1-2-8-21(13)14/h1-5,8-10H,6-7H2,(H,17,22). The summed E-state index contributed by atoms with van der Waals surface area (Å²) in [5, 5.41) is 13.5. The van der Waals surface area contributed by atoms with Crippen LogP contribution in [0.3, 0.4) is 0 Å². The van der Waals surface area contributed by atoms with Gasteiger partial charge in [-0.3, -0.25) is 9.20 Å². The zero-order valence-corrected chi connectivity index (χ0v) is 13.4. The van der Waals surface area contributed by atoms with Crippen LogP contribution in [0.15, 0.2) is 52.6 Å². The first kappa shape index (κ1) is 14.6. The number of thiazole rings is 1. The van der Waals surface area contributed by atoms with E-state index in [0.717, 1.165) is 11.5 Å². The van der Waals surface area contributed by atoms with Crippen molar-refractivity contribution in [3.05, 3.63) is 59.7 Å². The molecule has 8 heteroatoms. The summed E-state index contributed by atoms with van der Waals surface area (Å²) in [7, 11) is 0. The van der Waals surface area contributed by atoms with E-state index in [2.05, 4.69) is 20.5 Å². The van der Waals surface area contributed by atoms with Gasteiger partial charge in [-0.2, -0.15) is 0 Å². The second-order valence-electron chi connectivity index (χ2n) is 5.07. The fraction of sp³-hybridized carbons (Fsp3) is 0.125. The molecule has 0 atom stereocenters. The van der Waals surface area contributed by atoms with Crippen molar-refractivity contribution in [2.45, 2.75) is 6.42 Å². The lowest BCUT2D eigenvalue weighted by Gasteiger charge is -2.02. The Labute approximate surface area is 141 Å². The molecule has 0 aliphatic heterocycles.